The average molecular weight is 239 g/mol. The predicted octanol–water partition coefficient (Wildman–Crippen LogP) is 2.50. The van der Waals surface area contributed by atoms with E-state index >= 15 is 0 Å². The van der Waals surface area contributed by atoms with Crippen LogP contribution >= 0.6 is 0 Å². The molecule has 2 aliphatic rings. The van der Waals surface area contributed by atoms with Crippen LogP contribution in [-0.2, 0) is 9.53 Å². The van der Waals surface area contributed by atoms with E-state index < -0.39 is 0 Å². The van der Waals surface area contributed by atoms with Gasteiger partial charge >= 0.3 is 5.97 Å². The molecule has 1 saturated heterocycles. The lowest BCUT2D eigenvalue weighted by atomic mass is 9.81. The van der Waals surface area contributed by atoms with Gasteiger partial charge in [-0.25, -0.2) is 0 Å². The van der Waals surface area contributed by atoms with E-state index in [2.05, 4.69) is 5.32 Å². The van der Waals surface area contributed by atoms with Crippen LogP contribution in [0.2, 0.25) is 0 Å². The van der Waals surface area contributed by atoms with E-state index in [1.165, 1.54) is 45.6 Å². The van der Waals surface area contributed by atoms with Crippen LogP contribution in [0.5, 0.6) is 0 Å². The minimum atomic E-state index is -0.0138. The summed E-state index contributed by atoms with van der Waals surface area (Å²) in [5, 5.41) is 3.57. The van der Waals surface area contributed by atoms with Crippen LogP contribution in [0.15, 0.2) is 0 Å². The first-order valence-electron chi connectivity index (χ1n) is 7.11. The molecule has 98 valence electrons. The van der Waals surface area contributed by atoms with Crippen molar-refractivity contribution in [3.05, 3.63) is 0 Å². The van der Waals surface area contributed by atoms with E-state index in [1.807, 2.05) is 0 Å². The first kappa shape index (κ1) is 12.9. The number of nitrogens with one attached hydrogen (secondary N) is 1. The maximum atomic E-state index is 11.6. The molecule has 1 heterocycles. The minimum Gasteiger partial charge on any atom is -0.469 e. The third kappa shape index (κ3) is 3.70. The summed E-state index contributed by atoms with van der Waals surface area (Å²) in [5.41, 5.74) is 0. The standard InChI is InChI=1S/C14H25NO2/c1-17-14(16)12-7-8-15-13(10-12)9-11-5-3-2-4-6-11/h11-13,15H,2-10H2,1H3. The van der Waals surface area contributed by atoms with Crippen LogP contribution in [0.25, 0.3) is 0 Å². The van der Waals surface area contributed by atoms with Crippen LogP contribution in [-0.4, -0.2) is 25.7 Å². The number of hydrogen-bond acceptors (Lipinski definition) is 3. The van der Waals surface area contributed by atoms with Gasteiger partial charge in [-0.2, -0.15) is 0 Å². The smallest absolute Gasteiger partial charge is 0.308 e. The second kappa shape index (κ2) is 6.39. The van der Waals surface area contributed by atoms with Gasteiger partial charge in [-0.05, 0) is 31.7 Å². The molecule has 17 heavy (non-hydrogen) atoms. The number of esters is 1. The van der Waals surface area contributed by atoms with Crippen LogP contribution in [0.3, 0.4) is 0 Å². The molecule has 0 amide bonds. The first-order valence-corrected chi connectivity index (χ1v) is 7.11. The van der Waals surface area contributed by atoms with Gasteiger partial charge in [-0.1, -0.05) is 32.1 Å². The zero-order valence-electron chi connectivity index (χ0n) is 10.9. The van der Waals surface area contributed by atoms with Gasteiger partial charge in [0.2, 0.25) is 0 Å². The molecule has 2 fully saturated rings. The van der Waals surface area contributed by atoms with E-state index in [4.69, 9.17) is 4.74 Å². The Labute approximate surface area is 104 Å². The fourth-order valence-electron chi connectivity index (χ4n) is 3.39. The van der Waals surface area contributed by atoms with Gasteiger partial charge in [-0.3, -0.25) is 4.79 Å². The molecular weight excluding hydrogens is 214 g/mol. The molecule has 0 aromatic rings. The maximum Gasteiger partial charge on any atom is 0.308 e. The van der Waals surface area contributed by atoms with E-state index in [0.717, 1.165) is 25.3 Å². The summed E-state index contributed by atoms with van der Waals surface area (Å²) in [6, 6.07) is 0.538. The highest BCUT2D eigenvalue weighted by Gasteiger charge is 2.29. The van der Waals surface area contributed by atoms with Crippen molar-refractivity contribution in [3.63, 3.8) is 0 Å². The number of piperidine rings is 1. The molecule has 2 rings (SSSR count). The Kier molecular flexibility index (Phi) is 4.84. The second-order valence-electron chi connectivity index (χ2n) is 5.64. The Hall–Kier alpha value is -0.570. The van der Waals surface area contributed by atoms with Crippen LogP contribution < -0.4 is 5.32 Å². The minimum absolute atomic E-state index is 0.0138. The van der Waals surface area contributed by atoms with Crippen molar-refractivity contribution in [2.75, 3.05) is 13.7 Å². The average Bonchev–Trinajstić information content (AvgIpc) is 2.39. The number of hydrogen-bond donors (Lipinski definition) is 1. The third-order valence-corrected chi connectivity index (χ3v) is 4.37. The molecule has 0 spiro atoms. The lowest BCUT2D eigenvalue weighted by Gasteiger charge is -2.32. The summed E-state index contributed by atoms with van der Waals surface area (Å²) < 4.78 is 4.86. The number of methoxy groups -OCH3 is 1. The van der Waals surface area contributed by atoms with Crippen molar-refractivity contribution < 1.29 is 9.53 Å². The predicted molar refractivity (Wildman–Crippen MR) is 67.7 cm³/mol. The van der Waals surface area contributed by atoms with Crippen molar-refractivity contribution >= 4 is 5.97 Å². The largest absolute Gasteiger partial charge is 0.469 e. The Morgan fingerprint density at radius 1 is 1.24 bits per heavy atom. The maximum absolute atomic E-state index is 11.6. The zero-order valence-corrected chi connectivity index (χ0v) is 10.9. The van der Waals surface area contributed by atoms with Crippen LogP contribution in [0, 0.1) is 11.8 Å². The van der Waals surface area contributed by atoms with Crippen LogP contribution in [0.4, 0.5) is 0 Å². The fourth-order valence-corrected chi connectivity index (χ4v) is 3.39. The molecule has 1 aliphatic carbocycles. The van der Waals surface area contributed by atoms with Gasteiger partial charge in [0.15, 0.2) is 0 Å². The fraction of sp³-hybridized carbons (Fsp3) is 0.929. The lowest BCUT2D eigenvalue weighted by molar-refractivity contribution is -0.146. The molecule has 0 radical (unpaired) electrons. The summed E-state index contributed by atoms with van der Waals surface area (Å²) >= 11 is 0. The summed E-state index contributed by atoms with van der Waals surface area (Å²) in [4.78, 5) is 11.6. The van der Waals surface area contributed by atoms with Crippen molar-refractivity contribution in [2.45, 2.75) is 57.4 Å². The summed E-state index contributed by atoms with van der Waals surface area (Å²) in [5.74, 6) is 1.01. The van der Waals surface area contributed by atoms with E-state index in [-0.39, 0.29) is 11.9 Å². The molecule has 2 atom stereocenters. The number of ether oxygens (including phenoxy) is 1. The Balaban J connectivity index is 1.78. The Bertz CT molecular complexity index is 249. The monoisotopic (exact) mass is 239 g/mol. The van der Waals surface area contributed by atoms with E-state index in [9.17, 15) is 4.79 Å². The third-order valence-electron chi connectivity index (χ3n) is 4.37. The number of rotatable bonds is 3. The van der Waals surface area contributed by atoms with Gasteiger partial charge in [0.1, 0.15) is 0 Å². The molecule has 1 N–H and O–H groups in total. The highest BCUT2D eigenvalue weighted by molar-refractivity contribution is 5.72. The number of carbonyl (C=O) groups is 1. The lowest BCUT2D eigenvalue weighted by Crippen LogP contribution is -2.42. The molecular formula is C14H25NO2. The highest BCUT2D eigenvalue weighted by Crippen LogP contribution is 2.30. The molecule has 0 bridgehead atoms. The van der Waals surface area contributed by atoms with Gasteiger partial charge in [-0.15, -0.1) is 0 Å². The number of carbonyl (C=O) groups excluding carboxylic acids is 1. The van der Waals surface area contributed by atoms with Crippen molar-refractivity contribution in [2.24, 2.45) is 11.8 Å². The van der Waals surface area contributed by atoms with Gasteiger partial charge in [0.05, 0.1) is 13.0 Å². The van der Waals surface area contributed by atoms with Crippen molar-refractivity contribution in [1.82, 2.24) is 5.32 Å². The normalized spacial score (nSPS) is 31.1. The molecule has 0 aromatic carbocycles. The SMILES string of the molecule is COC(=O)C1CCNC(CC2CCCCC2)C1. The van der Waals surface area contributed by atoms with Crippen LogP contribution in [0.1, 0.15) is 51.4 Å². The first-order chi connectivity index (χ1) is 8.29. The summed E-state index contributed by atoms with van der Waals surface area (Å²) in [6.07, 6.45) is 10.2. The Morgan fingerprint density at radius 3 is 2.71 bits per heavy atom. The van der Waals surface area contributed by atoms with E-state index in [0.29, 0.717) is 6.04 Å². The molecule has 3 nitrogen and oxygen atoms in total. The van der Waals surface area contributed by atoms with Crippen molar-refractivity contribution in [1.29, 1.82) is 0 Å². The molecule has 2 unspecified atom stereocenters. The topological polar surface area (TPSA) is 38.3 Å². The molecule has 0 aromatic heterocycles. The quantitative estimate of drug-likeness (QED) is 0.769. The summed E-state index contributed by atoms with van der Waals surface area (Å²) in [6.45, 7) is 0.969. The van der Waals surface area contributed by atoms with Gasteiger partial charge in [0.25, 0.3) is 0 Å². The van der Waals surface area contributed by atoms with Gasteiger partial charge < -0.3 is 10.1 Å². The second-order valence-corrected chi connectivity index (χ2v) is 5.64. The Morgan fingerprint density at radius 2 is 2.00 bits per heavy atom. The zero-order chi connectivity index (χ0) is 12.1. The summed E-state index contributed by atoms with van der Waals surface area (Å²) in [7, 11) is 1.50. The van der Waals surface area contributed by atoms with Crippen molar-refractivity contribution in [3.8, 4) is 0 Å². The van der Waals surface area contributed by atoms with E-state index in [1.54, 1.807) is 0 Å². The molecule has 3 heteroatoms. The molecule has 1 saturated carbocycles. The molecule has 1 aliphatic heterocycles. The highest BCUT2D eigenvalue weighted by atomic mass is 16.5. The van der Waals surface area contributed by atoms with Gasteiger partial charge in [0, 0.05) is 6.04 Å².